The van der Waals surface area contributed by atoms with Crippen molar-refractivity contribution in [3.8, 4) is 0 Å². The second-order valence-corrected chi connectivity index (χ2v) is 5.74. The van der Waals surface area contributed by atoms with Crippen LogP contribution in [0.4, 0.5) is 5.69 Å². The van der Waals surface area contributed by atoms with E-state index in [1.54, 1.807) is 0 Å². The maximum Gasteiger partial charge on any atom is 0.0494 e. The van der Waals surface area contributed by atoms with Gasteiger partial charge in [0.1, 0.15) is 0 Å². The highest BCUT2D eigenvalue weighted by molar-refractivity contribution is 6.17. The topological polar surface area (TPSA) is 6.48 Å². The lowest BCUT2D eigenvalue weighted by Crippen LogP contribution is -2.45. The Balaban J connectivity index is 2.20. The zero-order valence-corrected chi connectivity index (χ0v) is 12.4. The van der Waals surface area contributed by atoms with Gasteiger partial charge in [-0.25, -0.2) is 0 Å². The average molecular weight is 267 g/mol. The van der Waals surface area contributed by atoms with Crippen molar-refractivity contribution >= 4 is 17.3 Å². The third-order valence-electron chi connectivity index (χ3n) is 3.85. The minimum Gasteiger partial charge on any atom is -0.370 e. The fourth-order valence-corrected chi connectivity index (χ4v) is 2.94. The molecule has 2 rings (SSSR count). The van der Waals surface area contributed by atoms with Crippen LogP contribution in [0.2, 0.25) is 0 Å². The molecule has 0 bridgehead atoms. The molecular formula is C15H23ClN2. The first kappa shape index (κ1) is 13.7. The summed E-state index contributed by atoms with van der Waals surface area (Å²) < 4.78 is 0. The van der Waals surface area contributed by atoms with Gasteiger partial charge < -0.3 is 9.80 Å². The van der Waals surface area contributed by atoms with E-state index >= 15 is 0 Å². The third-order valence-corrected chi connectivity index (χ3v) is 4.13. The molecule has 1 aromatic rings. The number of benzene rings is 1. The summed E-state index contributed by atoms with van der Waals surface area (Å²) in [6.07, 6.45) is 2.56. The van der Waals surface area contributed by atoms with Crippen LogP contribution >= 0.6 is 11.6 Å². The van der Waals surface area contributed by atoms with Gasteiger partial charge in [-0.3, -0.25) is 0 Å². The van der Waals surface area contributed by atoms with Crippen molar-refractivity contribution in [3.05, 3.63) is 29.3 Å². The highest BCUT2D eigenvalue weighted by atomic mass is 35.5. The van der Waals surface area contributed by atoms with Crippen molar-refractivity contribution in [3.63, 3.8) is 0 Å². The molecule has 0 spiro atoms. The summed E-state index contributed by atoms with van der Waals surface area (Å²) >= 11 is 6.09. The first-order valence-corrected chi connectivity index (χ1v) is 7.22. The Morgan fingerprint density at radius 3 is 2.83 bits per heavy atom. The molecule has 0 radical (unpaired) electrons. The monoisotopic (exact) mass is 266 g/mol. The molecule has 0 N–H and O–H groups in total. The predicted molar refractivity (Wildman–Crippen MR) is 79.7 cm³/mol. The first-order valence-electron chi connectivity index (χ1n) is 6.68. The van der Waals surface area contributed by atoms with Crippen LogP contribution in [-0.2, 0) is 5.88 Å². The molecule has 0 saturated carbocycles. The van der Waals surface area contributed by atoms with Gasteiger partial charge in [-0.2, -0.15) is 0 Å². The van der Waals surface area contributed by atoms with Gasteiger partial charge in [-0.05, 0) is 45.5 Å². The molecule has 1 saturated heterocycles. The van der Waals surface area contributed by atoms with Gasteiger partial charge in [0.25, 0.3) is 0 Å². The van der Waals surface area contributed by atoms with E-state index in [4.69, 9.17) is 11.6 Å². The van der Waals surface area contributed by atoms with Crippen LogP contribution in [0.25, 0.3) is 0 Å². The Morgan fingerprint density at radius 2 is 2.17 bits per heavy atom. The second-order valence-electron chi connectivity index (χ2n) is 5.47. The number of piperidine rings is 1. The number of anilines is 1. The van der Waals surface area contributed by atoms with Gasteiger partial charge in [0, 0.05) is 30.7 Å². The Bertz CT molecular complexity index is 403. The summed E-state index contributed by atoms with van der Waals surface area (Å²) in [6, 6.07) is 7.28. The second kappa shape index (κ2) is 5.94. The summed E-state index contributed by atoms with van der Waals surface area (Å²) in [7, 11) is 4.34. The molecule has 0 amide bonds. The molecule has 1 heterocycles. The highest BCUT2D eigenvalue weighted by Crippen LogP contribution is 2.27. The fraction of sp³-hybridized carbons (Fsp3) is 0.600. The fourth-order valence-electron chi connectivity index (χ4n) is 2.72. The standard InChI is InChI=1S/C15H23ClN2/c1-12-6-7-15(13(9-12)10-16)18-8-4-5-14(11-18)17(2)3/h6-7,9,14H,4-5,8,10-11H2,1-3H3. The van der Waals surface area contributed by atoms with E-state index < -0.39 is 0 Å². The zero-order chi connectivity index (χ0) is 13.1. The van der Waals surface area contributed by atoms with Crippen LogP contribution in [0.3, 0.4) is 0 Å². The SMILES string of the molecule is Cc1ccc(N2CCCC(N(C)C)C2)c(CCl)c1. The number of rotatable bonds is 3. The van der Waals surface area contributed by atoms with Gasteiger partial charge in [-0.15, -0.1) is 11.6 Å². The van der Waals surface area contributed by atoms with Crippen LogP contribution in [0.1, 0.15) is 24.0 Å². The molecule has 0 aliphatic carbocycles. The van der Waals surface area contributed by atoms with Crippen LogP contribution < -0.4 is 4.90 Å². The summed E-state index contributed by atoms with van der Waals surface area (Å²) in [4.78, 5) is 4.83. The number of hydrogen-bond acceptors (Lipinski definition) is 2. The maximum absolute atomic E-state index is 6.09. The quantitative estimate of drug-likeness (QED) is 0.775. The number of hydrogen-bond donors (Lipinski definition) is 0. The molecule has 18 heavy (non-hydrogen) atoms. The molecule has 1 atom stereocenters. The molecule has 1 aliphatic rings. The van der Waals surface area contributed by atoms with E-state index in [1.807, 2.05) is 0 Å². The van der Waals surface area contributed by atoms with E-state index in [1.165, 1.54) is 29.7 Å². The number of nitrogens with zero attached hydrogens (tertiary/aromatic N) is 2. The summed E-state index contributed by atoms with van der Waals surface area (Å²) in [5.41, 5.74) is 3.87. The Labute approximate surface area is 116 Å². The molecule has 1 aliphatic heterocycles. The van der Waals surface area contributed by atoms with E-state index in [0.717, 1.165) is 13.1 Å². The minimum atomic E-state index is 0.597. The zero-order valence-electron chi connectivity index (χ0n) is 11.6. The van der Waals surface area contributed by atoms with Crippen LogP contribution in [-0.4, -0.2) is 38.1 Å². The summed E-state index contributed by atoms with van der Waals surface area (Å²) in [5.74, 6) is 0.597. The number of alkyl halides is 1. The molecule has 0 aromatic heterocycles. The number of likely N-dealkylation sites (N-methyl/N-ethyl adjacent to an activating group) is 1. The minimum absolute atomic E-state index is 0.597. The van der Waals surface area contributed by atoms with Crippen molar-refractivity contribution < 1.29 is 0 Å². The van der Waals surface area contributed by atoms with Crippen molar-refractivity contribution in [2.75, 3.05) is 32.1 Å². The normalized spacial score (nSPS) is 20.5. The Hall–Kier alpha value is -0.730. The molecule has 3 heteroatoms. The van der Waals surface area contributed by atoms with Gasteiger partial charge in [0.2, 0.25) is 0 Å². The average Bonchev–Trinajstić information content (AvgIpc) is 2.38. The van der Waals surface area contributed by atoms with Crippen LogP contribution in [0, 0.1) is 6.92 Å². The van der Waals surface area contributed by atoms with E-state index in [9.17, 15) is 0 Å². The molecule has 2 nitrogen and oxygen atoms in total. The van der Waals surface area contributed by atoms with Crippen molar-refractivity contribution in [2.45, 2.75) is 31.7 Å². The van der Waals surface area contributed by atoms with Gasteiger partial charge >= 0.3 is 0 Å². The van der Waals surface area contributed by atoms with Crippen molar-refractivity contribution in [1.82, 2.24) is 4.90 Å². The third kappa shape index (κ3) is 2.99. The Morgan fingerprint density at radius 1 is 1.39 bits per heavy atom. The first-order chi connectivity index (χ1) is 8.61. The Kier molecular flexibility index (Phi) is 4.52. The lowest BCUT2D eigenvalue weighted by molar-refractivity contribution is 0.258. The lowest BCUT2D eigenvalue weighted by atomic mass is 10.0. The molecule has 1 unspecified atom stereocenters. The highest BCUT2D eigenvalue weighted by Gasteiger charge is 2.22. The molecular weight excluding hydrogens is 244 g/mol. The molecule has 100 valence electrons. The van der Waals surface area contributed by atoms with Crippen LogP contribution in [0.15, 0.2) is 18.2 Å². The van der Waals surface area contributed by atoms with Gasteiger partial charge in [0.15, 0.2) is 0 Å². The van der Waals surface area contributed by atoms with Crippen LogP contribution in [0.5, 0.6) is 0 Å². The van der Waals surface area contributed by atoms with Crippen molar-refractivity contribution in [2.24, 2.45) is 0 Å². The van der Waals surface area contributed by atoms with Crippen molar-refractivity contribution in [1.29, 1.82) is 0 Å². The van der Waals surface area contributed by atoms with Gasteiger partial charge in [0.05, 0.1) is 0 Å². The van der Waals surface area contributed by atoms with E-state index in [0.29, 0.717) is 11.9 Å². The summed E-state index contributed by atoms with van der Waals surface area (Å²) in [6.45, 7) is 4.38. The predicted octanol–water partition coefficient (Wildman–Crippen LogP) is 3.26. The largest absolute Gasteiger partial charge is 0.370 e. The molecule has 1 fully saturated rings. The molecule has 1 aromatic carbocycles. The number of halogens is 1. The maximum atomic E-state index is 6.09. The smallest absolute Gasteiger partial charge is 0.0494 e. The van der Waals surface area contributed by atoms with E-state index in [-0.39, 0.29) is 0 Å². The van der Waals surface area contributed by atoms with E-state index in [2.05, 4.69) is 49.0 Å². The number of aryl methyl sites for hydroxylation is 1. The summed E-state index contributed by atoms with van der Waals surface area (Å²) in [5, 5.41) is 0. The van der Waals surface area contributed by atoms with Gasteiger partial charge in [-0.1, -0.05) is 17.7 Å². The lowest BCUT2D eigenvalue weighted by Gasteiger charge is -2.38.